The van der Waals surface area contributed by atoms with Crippen LogP contribution in [-0.2, 0) is 13.0 Å². The first kappa shape index (κ1) is 12.8. The summed E-state index contributed by atoms with van der Waals surface area (Å²) in [5.41, 5.74) is 3.68. The second kappa shape index (κ2) is 5.77. The fraction of sp³-hybridized carbons (Fsp3) is 0.333. The van der Waals surface area contributed by atoms with Crippen molar-refractivity contribution < 1.29 is 4.39 Å². The average Bonchev–Trinajstić information content (AvgIpc) is 2.70. The van der Waals surface area contributed by atoms with E-state index in [1.807, 2.05) is 6.07 Å². The highest BCUT2D eigenvalue weighted by Crippen LogP contribution is 2.07. The van der Waals surface area contributed by atoms with Crippen LogP contribution in [0.25, 0.3) is 0 Å². The lowest BCUT2D eigenvalue weighted by molar-refractivity contribution is 0.606. The van der Waals surface area contributed by atoms with E-state index in [9.17, 15) is 4.39 Å². The quantitative estimate of drug-likeness (QED) is 0.818. The predicted molar refractivity (Wildman–Crippen MR) is 70.9 cm³/mol. The Balaban J connectivity index is 2.13. The maximum Gasteiger partial charge on any atom is 0.214 e. The van der Waals surface area contributed by atoms with Gasteiger partial charge in [-0.3, -0.25) is 5.10 Å². The average molecular weight is 266 g/mol. The van der Waals surface area contributed by atoms with Gasteiger partial charge in [-0.15, -0.1) is 0 Å². The van der Waals surface area contributed by atoms with Gasteiger partial charge < -0.3 is 5.43 Å². The molecule has 0 unspecified atom stereocenters. The fourth-order valence-corrected chi connectivity index (χ4v) is 1.91. The van der Waals surface area contributed by atoms with Crippen LogP contribution in [0.2, 0.25) is 0 Å². The van der Waals surface area contributed by atoms with Crippen LogP contribution < -0.4 is 5.43 Å². The minimum Gasteiger partial charge on any atom is -0.318 e. The zero-order valence-corrected chi connectivity index (χ0v) is 10.9. The lowest BCUT2D eigenvalue weighted by Gasteiger charge is -2.10. The Morgan fingerprint density at radius 1 is 1.44 bits per heavy atom. The van der Waals surface area contributed by atoms with Gasteiger partial charge in [0.25, 0.3) is 0 Å². The highest BCUT2D eigenvalue weighted by molar-refractivity contribution is 7.71. The van der Waals surface area contributed by atoms with Crippen molar-refractivity contribution in [3.8, 4) is 0 Å². The molecule has 18 heavy (non-hydrogen) atoms. The Kier molecular flexibility index (Phi) is 4.09. The van der Waals surface area contributed by atoms with E-state index in [1.165, 1.54) is 6.07 Å². The molecule has 0 fully saturated rings. The van der Waals surface area contributed by atoms with Crippen molar-refractivity contribution in [3.63, 3.8) is 0 Å². The second-order valence-electron chi connectivity index (χ2n) is 3.96. The van der Waals surface area contributed by atoms with E-state index in [2.05, 4.69) is 22.5 Å². The van der Waals surface area contributed by atoms with Crippen LogP contribution in [0, 0.1) is 10.6 Å². The number of halogens is 1. The van der Waals surface area contributed by atoms with Gasteiger partial charge in [0.05, 0.1) is 6.54 Å². The Morgan fingerprint density at radius 2 is 2.22 bits per heavy atom. The third-order valence-corrected chi connectivity index (χ3v) is 2.87. The zero-order valence-electron chi connectivity index (χ0n) is 10.1. The van der Waals surface area contributed by atoms with Gasteiger partial charge in [-0.25, -0.2) is 9.07 Å². The van der Waals surface area contributed by atoms with Gasteiger partial charge in [-0.2, -0.15) is 5.10 Å². The highest BCUT2D eigenvalue weighted by Gasteiger charge is 2.06. The molecule has 4 nitrogen and oxygen atoms in total. The minimum atomic E-state index is -0.225. The molecule has 0 radical (unpaired) electrons. The molecule has 0 bridgehead atoms. The topological polar surface area (TPSA) is 45.6 Å². The van der Waals surface area contributed by atoms with Crippen molar-refractivity contribution in [2.24, 2.45) is 0 Å². The number of aromatic amines is 1. The summed E-state index contributed by atoms with van der Waals surface area (Å²) < 4.78 is 15.7. The van der Waals surface area contributed by atoms with Crippen molar-refractivity contribution in [2.45, 2.75) is 26.3 Å². The molecular weight excluding hydrogens is 251 g/mol. The first-order valence-corrected chi connectivity index (χ1v) is 6.26. The highest BCUT2D eigenvalue weighted by atomic mass is 32.1. The van der Waals surface area contributed by atoms with E-state index in [1.54, 1.807) is 16.8 Å². The van der Waals surface area contributed by atoms with Crippen LogP contribution in [0.3, 0.4) is 0 Å². The van der Waals surface area contributed by atoms with E-state index < -0.39 is 0 Å². The molecule has 0 saturated carbocycles. The molecule has 0 amide bonds. The molecule has 1 aromatic heterocycles. The standard InChI is InChI=1S/C12H15FN4S/c1-2-5-11-15-16-12(18)17(11)14-8-9-6-3-4-7-10(9)13/h3-4,6-7,14H,2,5,8H2,1H3,(H,16,18). The molecule has 0 aliphatic heterocycles. The minimum absolute atomic E-state index is 0.225. The molecule has 0 aliphatic carbocycles. The van der Waals surface area contributed by atoms with Crippen LogP contribution in [0.5, 0.6) is 0 Å². The van der Waals surface area contributed by atoms with Crippen molar-refractivity contribution in [1.82, 2.24) is 14.9 Å². The van der Waals surface area contributed by atoms with Gasteiger partial charge in [0.15, 0.2) is 5.82 Å². The Bertz CT molecular complexity index is 575. The van der Waals surface area contributed by atoms with Gasteiger partial charge >= 0.3 is 0 Å². The van der Waals surface area contributed by atoms with Crippen molar-refractivity contribution in [1.29, 1.82) is 0 Å². The van der Waals surface area contributed by atoms with Crippen molar-refractivity contribution >= 4 is 12.2 Å². The van der Waals surface area contributed by atoms with E-state index in [0.29, 0.717) is 16.9 Å². The van der Waals surface area contributed by atoms with Gasteiger partial charge in [0.2, 0.25) is 4.77 Å². The van der Waals surface area contributed by atoms with Gasteiger partial charge in [-0.1, -0.05) is 25.1 Å². The Morgan fingerprint density at radius 3 is 2.94 bits per heavy atom. The summed E-state index contributed by atoms with van der Waals surface area (Å²) in [7, 11) is 0. The molecule has 0 aliphatic rings. The molecule has 2 rings (SSSR count). The SMILES string of the molecule is CCCc1n[nH]c(=S)n1NCc1ccccc1F. The molecule has 1 heterocycles. The monoisotopic (exact) mass is 266 g/mol. The first-order valence-electron chi connectivity index (χ1n) is 5.86. The fourth-order valence-electron chi connectivity index (χ4n) is 1.69. The summed E-state index contributed by atoms with van der Waals surface area (Å²) >= 11 is 5.12. The number of aryl methyl sites for hydroxylation is 1. The molecular formula is C12H15FN4S. The van der Waals surface area contributed by atoms with Gasteiger partial charge in [0.1, 0.15) is 5.82 Å². The maximum atomic E-state index is 13.5. The summed E-state index contributed by atoms with van der Waals surface area (Å²) in [6.45, 7) is 2.44. The smallest absolute Gasteiger partial charge is 0.214 e. The number of hydrogen-bond acceptors (Lipinski definition) is 3. The van der Waals surface area contributed by atoms with E-state index in [0.717, 1.165) is 18.7 Å². The van der Waals surface area contributed by atoms with Crippen LogP contribution in [-0.4, -0.2) is 14.9 Å². The number of benzene rings is 1. The number of aromatic nitrogens is 3. The van der Waals surface area contributed by atoms with E-state index >= 15 is 0 Å². The van der Waals surface area contributed by atoms with Crippen LogP contribution in [0.4, 0.5) is 4.39 Å². The molecule has 1 aromatic carbocycles. The van der Waals surface area contributed by atoms with E-state index in [4.69, 9.17) is 12.2 Å². The van der Waals surface area contributed by atoms with Crippen LogP contribution >= 0.6 is 12.2 Å². The third-order valence-electron chi connectivity index (χ3n) is 2.60. The molecule has 96 valence electrons. The number of rotatable bonds is 5. The molecule has 0 saturated heterocycles. The van der Waals surface area contributed by atoms with E-state index in [-0.39, 0.29) is 5.82 Å². The molecule has 2 aromatic rings. The summed E-state index contributed by atoms with van der Waals surface area (Å²) in [4.78, 5) is 0. The number of H-pyrrole nitrogens is 1. The van der Waals surface area contributed by atoms with Gasteiger partial charge in [-0.05, 0) is 24.7 Å². The normalized spacial score (nSPS) is 10.6. The Hall–Kier alpha value is -1.69. The first-order chi connectivity index (χ1) is 8.72. The summed E-state index contributed by atoms with van der Waals surface area (Å²) in [5.74, 6) is 0.607. The molecule has 0 spiro atoms. The second-order valence-corrected chi connectivity index (χ2v) is 4.34. The third kappa shape index (κ3) is 2.76. The van der Waals surface area contributed by atoms with Crippen molar-refractivity contribution in [2.75, 3.05) is 5.43 Å². The lowest BCUT2D eigenvalue weighted by atomic mass is 10.2. The summed E-state index contributed by atoms with van der Waals surface area (Å²) in [6.07, 6.45) is 1.79. The zero-order chi connectivity index (χ0) is 13.0. The van der Waals surface area contributed by atoms with Crippen molar-refractivity contribution in [3.05, 3.63) is 46.2 Å². The Labute approximate surface area is 110 Å². The molecule has 2 N–H and O–H groups in total. The maximum absolute atomic E-state index is 13.5. The number of nitrogens with zero attached hydrogens (tertiary/aromatic N) is 2. The largest absolute Gasteiger partial charge is 0.318 e. The van der Waals surface area contributed by atoms with Gasteiger partial charge in [0, 0.05) is 12.0 Å². The number of nitrogens with one attached hydrogen (secondary N) is 2. The van der Waals surface area contributed by atoms with Crippen LogP contribution in [0.15, 0.2) is 24.3 Å². The molecule has 6 heteroatoms. The summed E-state index contributed by atoms with van der Waals surface area (Å²) in [6, 6.07) is 6.66. The summed E-state index contributed by atoms with van der Waals surface area (Å²) in [5, 5.41) is 6.86. The van der Waals surface area contributed by atoms with Crippen LogP contribution in [0.1, 0.15) is 24.7 Å². The number of hydrogen-bond donors (Lipinski definition) is 2. The predicted octanol–water partition coefficient (Wildman–Crippen LogP) is 2.78. The molecule has 0 atom stereocenters. The lowest BCUT2D eigenvalue weighted by Crippen LogP contribution is -2.18.